The lowest BCUT2D eigenvalue weighted by Gasteiger charge is -2.37. The number of nitrogens with zero attached hydrogens (tertiary/aromatic N) is 4. The van der Waals surface area contributed by atoms with E-state index in [-0.39, 0.29) is 24.0 Å². The molecule has 32 heavy (non-hydrogen) atoms. The number of aromatic nitrogens is 3. The van der Waals surface area contributed by atoms with Crippen molar-refractivity contribution < 1.29 is 18.0 Å². The molecule has 0 bridgehead atoms. The lowest BCUT2D eigenvalue weighted by molar-refractivity contribution is 0.218. The number of halogens is 2. The number of benzene rings is 1. The standard InChI is InChI=1S/C23H27F2N5O2/c1-12-16-8-15(31-3)9-17(24)21(16)28-22(20(12)23-27-13(2)29-32-23)30-7-6-19(18(25)11-30)26-10-14-4-5-14/h8-9,14,18-19,26H,4-7,10-11H2,1-3H3/t18-,19+/m1/s1. The second-order valence-corrected chi connectivity index (χ2v) is 8.80. The number of anilines is 1. The van der Waals surface area contributed by atoms with Gasteiger partial charge in [0.05, 0.1) is 19.2 Å². The second-order valence-electron chi connectivity index (χ2n) is 8.80. The van der Waals surface area contributed by atoms with Gasteiger partial charge in [-0.1, -0.05) is 5.16 Å². The molecule has 1 saturated heterocycles. The van der Waals surface area contributed by atoms with Crippen molar-refractivity contribution in [2.24, 2.45) is 5.92 Å². The number of rotatable bonds is 6. The van der Waals surface area contributed by atoms with Crippen LogP contribution in [0.1, 0.15) is 30.7 Å². The second kappa shape index (κ2) is 8.27. The molecule has 1 aromatic carbocycles. The number of aryl methyl sites for hydroxylation is 2. The summed E-state index contributed by atoms with van der Waals surface area (Å²) in [6, 6.07) is 2.87. The van der Waals surface area contributed by atoms with Crippen LogP contribution in [0.3, 0.4) is 0 Å². The van der Waals surface area contributed by atoms with Crippen molar-refractivity contribution in [1.29, 1.82) is 0 Å². The smallest absolute Gasteiger partial charge is 0.261 e. The minimum atomic E-state index is -1.06. The Hall–Kier alpha value is -2.81. The summed E-state index contributed by atoms with van der Waals surface area (Å²) in [5, 5.41) is 7.88. The number of ether oxygens (including phenoxy) is 1. The summed E-state index contributed by atoms with van der Waals surface area (Å²) < 4.78 is 40.7. The number of piperidine rings is 1. The third-order valence-electron chi connectivity index (χ3n) is 6.44. The third kappa shape index (κ3) is 3.90. The molecule has 0 amide bonds. The quantitative estimate of drug-likeness (QED) is 0.618. The lowest BCUT2D eigenvalue weighted by atomic mass is 9.99. The van der Waals surface area contributed by atoms with Gasteiger partial charge in [0.25, 0.3) is 5.89 Å². The van der Waals surface area contributed by atoms with E-state index in [0.717, 1.165) is 12.1 Å². The third-order valence-corrected chi connectivity index (χ3v) is 6.44. The van der Waals surface area contributed by atoms with E-state index >= 15 is 4.39 Å². The molecule has 9 heteroatoms. The van der Waals surface area contributed by atoms with Gasteiger partial charge in [0.2, 0.25) is 0 Å². The number of nitrogens with one attached hydrogen (secondary N) is 1. The van der Waals surface area contributed by atoms with Crippen LogP contribution in [-0.4, -0.2) is 54.1 Å². The Kier molecular flexibility index (Phi) is 5.44. The van der Waals surface area contributed by atoms with Crippen molar-refractivity contribution >= 4 is 16.7 Å². The first kappa shape index (κ1) is 21.1. The number of hydrogen-bond donors (Lipinski definition) is 1. The molecule has 1 saturated carbocycles. The molecule has 0 spiro atoms. The van der Waals surface area contributed by atoms with Crippen LogP contribution in [0.2, 0.25) is 0 Å². The van der Waals surface area contributed by atoms with Gasteiger partial charge < -0.3 is 19.5 Å². The Balaban J connectivity index is 1.56. The van der Waals surface area contributed by atoms with Gasteiger partial charge in [-0.05, 0) is 57.2 Å². The summed E-state index contributed by atoms with van der Waals surface area (Å²) >= 11 is 0. The van der Waals surface area contributed by atoms with Gasteiger partial charge in [0.1, 0.15) is 23.3 Å². The number of fused-ring (bicyclic) bond motifs is 1. The zero-order valence-electron chi connectivity index (χ0n) is 18.5. The van der Waals surface area contributed by atoms with Crippen LogP contribution in [0, 0.1) is 25.6 Å². The van der Waals surface area contributed by atoms with Crippen molar-refractivity contribution in [2.75, 3.05) is 31.6 Å². The highest BCUT2D eigenvalue weighted by molar-refractivity contribution is 5.93. The Morgan fingerprint density at radius 1 is 1.22 bits per heavy atom. The summed E-state index contributed by atoms with van der Waals surface area (Å²) in [5.41, 5.74) is 1.54. The van der Waals surface area contributed by atoms with Gasteiger partial charge in [0, 0.05) is 24.0 Å². The molecular formula is C23H27F2N5O2. The molecule has 0 radical (unpaired) electrons. The Labute approximate surface area is 185 Å². The predicted molar refractivity (Wildman–Crippen MR) is 117 cm³/mol. The molecule has 2 fully saturated rings. The van der Waals surface area contributed by atoms with Gasteiger partial charge in [-0.3, -0.25) is 0 Å². The highest BCUT2D eigenvalue weighted by atomic mass is 19.1. The van der Waals surface area contributed by atoms with Gasteiger partial charge in [-0.15, -0.1) is 0 Å². The van der Waals surface area contributed by atoms with Crippen LogP contribution in [0.25, 0.3) is 22.4 Å². The van der Waals surface area contributed by atoms with Crippen LogP contribution < -0.4 is 15.0 Å². The number of methoxy groups -OCH3 is 1. The van der Waals surface area contributed by atoms with Crippen molar-refractivity contribution in [2.45, 2.75) is 45.3 Å². The monoisotopic (exact) mass is 443 g/mol. The van der Waals surface area contributed by atoms with Crippen molar-refractivity contribution in [3.8, 4) is 17.2 Å². The van der Waals surface area contributed by atoms with Crippen LogP contribution in [0.5, 0.6) is 5.75 Å². The predicted octanol–water partition coefficient (Wildman–Crippen LogP) is 3.97. The van der Waals surface area contributed by atoms with Crippen LogP contribution in [0.4, 0.5) is 14.6 Å². The van der Waals surface area contributed by atoms with E-state index in [0.29, 0.717) is 47.2 Å². The van der Waals surface area contributed by atoms with Gasteiger partial charge >= 0.3 is 0 Å². The summed E-state index contributed by atoms with van der Waals surface area (Å²) in [6.45, 7) is 5.22. The summed E-state index contributed by atoms with van der Waals surface area (Å²) in [5.74, 6) is 1.83. The molecule has 3 aromatic rings. The van der Waals surface area contributed by atoms with Gasteiger partial charge in [-0.25, -0.2) is 13.8 Å². The molecule has 5 rings (SSSR count). The Morgan fingerprint density at radius 3 is 2.69 bits per heavy atom. The first-order chi connectivity index (χ1) is 15.4. The highest BCUT2D eigenvalue weighted by Crippen LogP contribution is 2.39. The molecule has 7 nitrogen and oxygen atoms in total. The van der Waals surface area contributed by atoms with E-state index in [4.69, 9.17) is 9.26 Å². The summed E-state index contributed by atoms with van der Waals surface area (Å²) in [4.78, 5) is 10.9. The molecule has 2 aromatic heterocycles. The molecule has 1 N–H and O–H groups in total. The van der Waals surface area contributed by atoms with Crippen LogP contribution in [-0.2, 0) is 0 Å². The van der Waals surface area contributed by atoms with Gasteiger partial charge in [-0.2, -0.15) is 4.98 Å². The zero-order valence-corrected chi connectivity index (χ0v) is 18.5. The molecule has 2 atom stereocenters. The molecule has 2 aliphatic rings. The molecule has 3 heterocycles. The number of hydrogen-bond acceptors (Lipinski definition) is 7. The Bertz CT molecular complexity index is 1150. The maximum atomic E-state index is 15.1. The maximum Gasteiger partial charge on any atom is 0.261 e. The normalized spacial score (nSPS) is 21.3. The fraction of sp³-hybridized carbons (Fsp3) is 0.522. The minimum Gasteiger partial charge on any atom is -0.497 e. The molecule has 170 valence electrons. The van der Waals surface area contributed by atoms with Crippen molar-refractivity contribution in [3.63, 3.8) is 0 Å². The fourth-order valence-corrected chi connectivity index (χ4v) is 4.41. The van der Waals surface area contributed by atoms with E-state index in [1.807, 2.05) is 11.8 Å². The molecule has 1 aliphatic heterocycles. The highest BCUT2D eigenvalue weighted by Gasteiger charge is 2.34. The van der Waals surface area contributed by atoms with Gasteiger partial charge in [0.15, 0.2) is 11.6 Å². The van der Waals surface area contributed by atoms with Crippen LogP contribution >= 0.6 is 0 Å². The van der Waals surface area contributed by atoms with E-state index in [1.165, 1.54) is 26.0 Å². The SMILES string of the molecule is COc1cc(F)c2nc(N3CC[C@H](NCC4CC4)[C@H](F)C3)c(-c3nc(C)no3)c(C)c2c1. The van der Waals surface area contributed by atoms with E-state index < -0.39 is 12.0 Å². The lowest BCUT2D eigenvalue weighted by Crippen LogP contribution is -2.51. The molecule has 1 aliphatic carbocycles. The average molecular weight is 443 g/mol. The molecular weight excluding hydrogens is 416 g/mol. The zero-order chi connectivity index (χ0) is 22.4. The summed E-state index contributed by atoms with van der Waals surface area (Å²) in [6.07, 6.45) is 2.04. The Morgan fingerprint density at radius 2 is 2.03 bits per heavy atom. The first-order valence-corrected chi connectivity index (χ1v) is 11.1. The summed E-state index contributed by atoms with van der Waals surface area (Å²) in [7, 11) is 1.49. The maximum absolute atomic E-state index is 15.1. The topological polar surface area (TPSA) is 76.3 Å². The van der Waals surface area contributed by atoms with E-state index in [9.17, 15) is 4.39 Å². The molecule has 0 unspecified atom stereocenters. The average Bonchev–Trinajstić information content (AvgIpc) is 3.51. The van der Waals surface area contributed by atoms with Crippen molar-refractivity contribution in [3.05, 3.63) is 29.3 Å². The first-order valence-electron chi connectivity index (χ1n) is 11.1. The van der Waals surface area contributed by atoms with Crippen molar-refractivity contribution in [1.82, 2.24) is 20.4 Å². The van der Waals surface area contributed by atoms with E-state index in [2.05, 4.69) is 20.4 Å². The number of alkyl halides is 1. The van der Waals surface area contributed by atoms with Crippen LogP contribution in [0.15, 0.2) is 16.7 Å². The minimum absolute atomic E-state index is 0.165. The van der Waals surface area contributed by atoms with E-state index in [1.54, 1.807) is 13.0 Å². The fourth-order valence-electron chi connectivity index (χ4n) is 4.41. The number of pyridine rings is 1. The largest absolute Gasteiger partial charge is 0.497 e.